The van der Waals surface area contributed by atoms with Crippen molar-refractivity contribution in [1.29, 1.82) is 0 Å². The Hall–Kier alpha value is -1.88. The van der Waals surface area contributed by atoms with Crippen LogP contribution < -0.4 is 5.32 Å². The molecular weight excluding hydrogens is 254 g/mol. The zero-order valence-electron chi connectivity index (χ0n) is 12.0. The molecule has 0 saturated carbocycles. The minimum absolute atomic E-state index is 0.0639. The Bertz CT molecular complexity index is 594. The van der Waals surface area contributed by atoms with Gasteiger partial charge in [-0.05, 0) is 31.9 Å². The molecule has 0 aliphatic carbocycles. The van der Waals surface area contributed by atoms with Gasteiger partial charge in [0.05, 0.1) is 17.4 Å². The van der Waals surface area contributed by atoms with Crippen molar-refractivity contribution in [3.63, 3.8) is 0 Å². The number of carbonyl (C=O) groups excluding carboxylic acids is 1. The number of aromatic nitrogens is 2. The van der Waals surface area contributed by atoms with Gasteiger partial charge in [0, 0.05) is 12.1 Å². The van der Waals surface area contributed by atoms with E-state index in [9.17, 15) is 4.79 Å². The maximum Gasteiger partial charge on any atom is 0.240 e. The predicted octanol–water partition coefficient (Wildman–Crippen LogP) is 1.70. The summed E-state index contributed by atoms with van der Waals surface area (Å²) in [5, 5.41) is 12.1. The number of para-hydroxylation sites is 2. The molecule has 2 rings (SSSR count). The molecule has 20 heavy (non-hydrogen) atoms. The van der Waals surface area contributed by atoms with Gasteiger partial charge in [0.15, 0.2) is 0 Å². The van der Waals surface area contributed by atoms with Gasteiger partial charge >= 0.3 is 0 Å². The lowest BCUT2D eigenvalue weighted by molar-refractivity contribution is -0.123. The van der Waals surface area contributed by atoms with E-state index in [1.165, 1.54) is 0 Å². The molecule has 0 bridgehead atoms. The number of fused-ring (bicyclic) bond motifs is 1. The smallest absolute Gasteiger partial charge is 0.240 e. The first kappa shape index (κ1) is 14.5. The summed E-state index contributed by atoms with van der Waals surface area (Å²) in [6, 6.07) is 7.73. The van der Waals surface area contributed by atoms with Crippen molar-refractivity contribution in [2.45, 2.75) is 38.8 Å². The van der Waals surface area contributed by atoms with Crippen molar-refractivity contribution >= 4 is 16.9 Å². The highest BCUT2D eigenvalue weighted by atomic mass is 16.3. The van der Waals surface area contributed by atoms with Crippen LogP contribution in [0.5, 0.6) is 0 Å². The quantitative estimate of drug-likeness (QED) is 0.843. The molecule has 1 aromatic heterocycles. The number of imidazole rings is 1. The molecule has 5 nitrogen and oxygen atoms in total. The minimum atomic E-state index is -0.359. The lowest BCUT2D eigenvalue weighted by Gasteiger charge is -2.29. The Morgan fingerprint density at radius 3 is 2.90 bits per heavy atom. The molecular formula is C15H21N3O2. The highest BCUT2D eigenvalue weighted by molar-refractivity contribution is 5.80. The molecule has 0 fully saturated rings. The van der Waals surface area contributed by atoms with Gasteiger partial charge in [0.25, 0.3) is 0 Å². The van der Waals surface area contributed by atoms with Gasteiger partial charge in [-0.25, -0.2) is 4.98 Å². The Balaban J connectivity index is 2.08. The number of nitrogens with zero attached hydrogens (tertiary/aromatic N) is 2. The van der Waals surface area contributed by atoms with Crippen molar-refractivity contribution in [3.05, 3.63) is 30.6 Å². The van der Waals surface area contributed by atoms with Gasteiger partial charge < -0.3 is 15.0 Å². The SMILES string of the molecule is CCC(C)(CCO)NC(=O)Cn1cnc2ccccc21. The second kappa shape index (κ2) is 6.05. The Labute approximate surface area is 118 Å². The third-order valence-corrected chi connectivity index (χ3v) is 3.73. The minimum Gasteiger partial charge on any atom is -0.396 e. The van der Waals surface area contributed by atoms with E-state index in [-0.39, 0.29) is 24.6 Å². The standard InChI is InChI=1S/C15H21N3O2/c1-3-15(2,8-9-19)17-14(20)10-18-11-16-12-6-4-5-7-13(12)18/h4-7,11,19H,3,8-10H2,1-2H3,(H,17,20). The molecule has 1 atom stereocenters. The van der Waals surface area contributed by atoms with Crippen LogP contribution in [0.2, 0.25) is 0 Å². The highest BCUT2D eigenvalue weighted by Gasteiger charge is 2.23. The van der Waals surface area contributed by atoms with Crippen LogP contribution in [0.25, 0.3) is 11.0 Å². The molecule has 1 heterocycles. The molecule has 0 aliphatic heterocycles. The first-order chi connectivity index (χ1) is 9.58. The molecule has 1 amide bonds. The van der Waals surface area contributed by atoms with Crippen LogP contribution in [0.1, 0.15) is 26.7 Å². The van der Waals surface area contributed by atoms with E-state index in [0.29, 0.717) is 6.42 Å². The molecule has 0 spiro atoms. The topological polar surface area (TPSA) is 67.2 Å². The molecule has 1 aromatic carbocycles. The van der Waals surface area contributed by atoms with E-state index in [1.807, 2.05) is 42.7 Å². The van der Waals surface area contributed by atoms with Gasteiger partial charge in [-0.15, -0.1) is 0 Å². The maximum atomic E-state index is 12.2. The van der Waals surface area contributed by atoms with E-state index in [2.05, 4.69) is 10.3 Å². The van der Waals surface area contributed by atoms with E-state index >= 15 is 0 Å². The fraction of sp³-hybridized carbons (Fsp3) is 0.467. The number of hydrogen-bond donors (Lipinski definition) is 2. The number of nitrogens with one attached hydrogen (secondary N) is 1. The maximum absolute atomic E-state index is 12.2. The van der Waals surface area contributed by atoms with Gasteiger partial charge in [-0.1, -0.05) is 19.1 Å². The Kier molecular flexibility index (Phi) is 4.39. The van der Waals surface area contributed by atoms with Crippen LogP contribution in [0.15, 0.2) is 30.6 Å². The summed E-state index contributed by atoms with van der Waals surface area (Å²) in [5.41, 5.74) is 1.47. The van der Waals surface area contributed by atoms with Crippen molar-refractivity contribution in [2.24, 2.45) is 0 Å². The second-order valence-corrected chi connectivity index (χ2v) is 5.30. The lowest BCUT2D eigenvalue weighted by atomic mass is 9.95. The average Bonchev–Trinajstić information content (AvgIpc) is 2.82. The summed E-state index contributed by atoms with van der Waals surface area (Å²) in [7, 11) is 0. The number of carbonyl (C=O) groups is 1. The summed E-state index contributed by atoms with van der Waals surface area (Å²) < 4.78 is 1.83. The fourth-order valence-electron chi connectivity index (χ4n) is 2.24. The van der Waals surface area contributed by atoms with Crippen LogP contribution in [-0.4, -0.2) is 32.7 Å². The highest BCUT2D eigenvalue weighted by Crippen LogP contribution is 2.15. The number of rotatable bonds is 6. The number of hydrogen-bond acceptors (Lipinski definition) is 3. The fourth-order valence-corrected chi connectivity index (χ4v) is 2.24. The number of benzene rings is 1. The monoisotopic (exact) mass is 275 g/mol. The number of aliphatic hydroxyl groups excluding tert-OH is 1. The molecule has 0 saturated heterocycles. The summed E-state index contributed by atoms with van der Waals surface area (Å²) in [4.78, 5) is 16.4. The van der Waals surface area contributed by atoms with Crippen molar-refractivity contribution in [2.75, 3.05) is 6.61 Å². The van der Waals surface area contributed by atoms with Crippen LogP contribution in [-0.2, 0) is 11.3 Å². The largest absolute Gasteiger partial charge is 0.396 e. The van der Waals surface area contributed by atoms with Crippen molar-refractivity contribution in [1.82, 2.24) is 14.9 Å². The number of aliphatic hydroxyl groups is 1. The van der Waals surface area contributed by atoms with E-state index in [0.717, 1.165) is 17.5 Å². The predicted molar refractivity (Wildman–Crippen MR) is 78.3 cm³/mol. The van der Waals surface area contributed by atoms with E-state index < -0.39 is 0 Å². The summed E-state index contributed by atoms with van der Waals surface area (Å²) >= 11 is 0. The van der Waals surface area contributed by atoms with Crippen LogP contribution in [0, 0.1) is 0 Å². The average molecular weight is 275 g/mol. The van der Waals surface area contributed by atoms with Crippen LogP contribution in [0.3, 0.4) is 0 Å². The lowest BCUT2D eigenvalue weighted by Crippen LogP contribution is -2.47. The molecule has 0 radical (unpaired) electrons. The van der Waals surface area contributed by atoms with Crippen molar-refractivity contribution < 1.29 is 9.90 Å². The molecule has 2 aromatic rings. The van der Waals surface area contributed by atoms with Gasteiger partial charge in [-0.3, -0.25) is 4.79 Å². The van der Waals surface area contributed by atoms with Gasteiger partial charge in [0.1, 0.15) is 6.54 Å². The van der Waals surface area contributed by atoms with Crippen LogP contribution in [0.4, 0.5) is 0 Å². The Morgan fingerprint density at radius 2 is 2.20 bits per heavy atom. The summed E-state index contributed by atoms with van der Waals surface area (Å²) in [6.45, 7) is 4.26. The molecule has 1 unspecified atom stereocenters. The first-order valence-corrected chi connectivity index (χ1v) is 6.90. The molecule has 5 heteroatoms. The molecule has 0 aliphatic rings. The normalized spacial score (nSPS) is 14.2. The third kappa shape index (κ3) is 3.17. The second-order valence-electron chi connectivity index (χ2n) is 5.30. The Morgan fingerprint density at radius 1 is 1.45 bits per heavy atom. The molecule has 108 valence electrons. The summed E-state index contributed by atoms with van der Waals surface area (Å²) in [6.07, 6.45) is 3.02. The number of amides is 1. The van der Waals surface area contributed by atoms with Gasteiger partial charge in [-0.2, -0.15) is 0 Å². The van der Waals surface area contributed by atoms with E-state index in [4.69, 9.17) is 5.11 Å². The zero-order valence-corrected chi connectivity index (χ0v) is 12.0. The van der Waals surface area contributed by atoms with E-state index in [1.54, 1.807) is 6.33 Å². The third-order valence-electron chi connectivity index (χ3n) is 3.73. The van der Waals surface area contributed by atoms with Crippen molar-refractivity contribution in [3.8, 4) is 0 Å². The molecule has 2 N–H and O–H groups in total. The van der Waals surface area contributed by atoms with Crippen LogP contribution >= 0.6 is 0 Å². The summed E-state index contributed by atoms with van der Waals surface area (Å²) in [5.74, 6) is -0.0639. The van der Waals surface area contributed by atoms with Gasteiger partial charge in [0.2, 0.25) is 5.91 Å². The zero-order chi connectivity index (χ0) is 14.6. The first-order valence-electron chi connectivity index (χ1n) is 6.90.